The van der Waals surface area contributed by atoms with E-state index in [1.54, 1.807) is 11.8 Å². The highest BCUT2D eigenvalue weighted by atomic mass is 35.5. The molecule has 1 heterocycles. The molecule has 0 bridgehead atoms. The lowest BCUT2D eigenvalue weighted by molar-refractivity contribution is -0.107. The molecule has 0 saturated heterocycles. The number of aldehydes is 1. The molecule has 2 rings (SSSR count). The van der Waals surface area contributed by atoms with E-state index in [1.165, 1.54) is 10.5 Å². The second-order valence-corrected chi connectivity index (χ2v) is 4.88. The summed E-state index contributed by atoms with van der Waals surface area (Å²) in [6.45, 7) is 0. The van der Waals surface area contributed by atoms with Crippen LogP contribution in [0.3, 0.4) is 0 Å². The van der Waals surface area contributed by atoms with Crippen LogP contribution in [0.4, 0.5) is 0 Å². The Kier molecular flexibility index (Phi) is 2.61. The zero-order valence-corrected chi connectivity index (χ0v) is 8.57. The van der Waals surface area contributed by atoms with Gasteiger partial charge in [0.25, 0.3) is 0 Å². The molecule has 1 aromatic rings. The molecule has 0 fully saturated rings. The van der Waals surface area contributed by atoms with Crippen molar-refractivity contribution in [1.82, 2.24) is 0 Å². The van der Waals surface area contributed by atoms with E-state index in [2.05, 4.69) is 0 Å². The Morgan fingerprint density at radius 1 is 1.62 bits per heavy atom. The third-order valence-corrected chi connectivity index (χ3v) is 3.70. The Morgan fingerprint density at radius 2 is 2.46 bits per heavy atom. The fourth-order valence-electron chi connectivity index (χ4n) is 1.53. The minimum Gasteiger partial charge on any atom is -0.303 e. The molecule has 1 aromatic carbocycles. The fourth-order valence-corrected chi connectivity index (χ4v) is 2.96. The fraction of sp³-hybridized carbons (Fsp3) is 0.300. The zero-order chi connectivity index (χ0) is 9.26. The van der Waals surface area contributed by atoms with E-state index in [9.17, 15) is 4.79 Å². The van der Waals surface area contributed by atoms with Crippen molar-refractivity contribution in [3.05, 3.63) is 28.8 Å². The van der Waals surface area contributed by atoms with Crippen LogP contribution < -0.4 is 0 Å². The Bertz CT molecular complexity index is 338. The highest BCUT2D eigenvalue weighted by molar-refractivity contribution is 8.00. The van der Waals surface area contributed by atoms with Gasteiger partial charge < -0.3 is 4.79 Å². The first-order valence-electron chi connectivity index (χ1n) is 4.18. The van der Waals surface area contributed by atoms with Crippen LogP contribution in [0.2, 0.25) is 5.02 Å². The van der Waals surface area contributed by atoms with Crippen LogP contribution in [0.5, 0.6) is 0 Å². The Balaban J connectivity index is 2.20. The molecular formula is C10H9ClOS. The Hall–Kier alpha value is -0.470. The van der Waals surface area contributed by atoms with E-state index in [0.717, 1.165) is 17.7 Å². The average molecular weight is 213 g/mol. The first-order chi connectivity index (χ1) is 6.29. The van der Waals surface area contributed by atoms with Gasteiger partial charge in [-0.25, -0.2) is 0 Å². The minimum atomic E-state index is 0.422. The summed E-state index contributed by atoms with van der Waals surface area (Å²) < 4.78 is 0. The van der Waals surface area contributed by atoms with Gasteiger partial charge in [-0.3, -0.25) is 0 Å². The summed E-state index contributed by atoms with van der Waals surface area (Å²) in [5.74, 6) is 0. The van der Waals surface area contributed by atoms with Crippen LogP contribution in [0.25, 0.3) is 0 Å². The summed E-state index contributed by atoms with van der Waals surface area (Å²) in [6.07, 6.45) is 2.60. The van der Waals surface area contributed by atoms with Crippen LogP contribution in [-0.2, 0) is 11.2 Å². The summed E-state index contributed by atoms with van der Waals surface area (Å²) in [4.78, 5) is 11.6. The van der Waals surface area contributed by atoms with Crippen LogP contribution >= 0.6 is 23.4 Å². The normalized spacial score (nSPS) is 19.9. The number of benzene rings is 1. The average Bonchev–Trinajstić information content (AvgIpc) is 2.46. The van der Waals surface area contributed by atoms with Crippen molar-refractivity contribution in [2.45, 2.75) is 23.0 Å². The van der Waals surface area contributed by atoms with E-state index >= 15 is 0 Å². The first kappa shape index (κ1) is 9.10. The van der Waals surface area contributed by atoms with Crippen molar-refractivity contribution >= 4 is 29.6 Å². The Labute approximate surface area is 86.5 Å². The number of carbonyl (C=O) groups is 1. The van der Waals surface area contributed by atoms with Crippen LogP contribution in [0.15, 0.2) is 23.1 Å². The lowest BCUT2D eigenvalue weighted by Crippen LogP contribution is -2.00. The number of halogens is 1. The molecule has 0 aliphatic carbocycles. The van der Waals surface area contributed by atoms with Crippen LogP contribution in [0, 0.1) is 0 Å². The molecule has 0 amide bonds. The number of fused-ring (bicyclic) bond motifs is 1. The van der Waals surface area contributed by atoms with Gasteiger partial charge in [0, 0.05) is 21.6 Å². The van der Waals surface area contributed by atoms with Crippen molar-refractivity contribution in [1.29, 1.82) is 0 Å². The monoisotopic (exact) mass is 212 g/mol. The molecule has 0 aromatic heterocycles. The van der Waals surface area contributed by atoms with Gasteiger partial charge in [-0.15, -0.1) is 11.8 Å². The summed E-state index contributed by atoms with van der Waals surface area (Å²) in [5, 5.41) is 1.21. The molecule has 1 aliphatic heterocycles. The van der Waals surface area contributed by atoms with E-state index in [4.69, 9.17) is 11.6 Å². The summed E-state index contributed by atoms with van der Waals surface area (Å²) >= 11 is 7.65. The lowest BCUT2D eigenvalue weighted by Gasteiger charge is -1.99. The predicted molar refractivity (Wildman–Crippen MR) is 55.5 cm³/mol. The zero-order valence-electron chi connectivity index (χ0n) is 7.00. The smallest absolute Gasteiger partial charge is 0.121 e. The number of rotatable bonds is 2. The minimum absolute atomic E-state index is 0.422. The maximum atomic E-state index is 10.3. The summed E-state index contributed by atoms with van der Waals surface area (Å²) in [5.41, 5.74) is 1.28. The molecule has 0 N–H and O–H groups in total. The van der Waals surface area contributed by atoms with E-state index in [-0.39, 0.29) is 0 Å². The quantitative estimate of drug-likeness (QED) is 0.702. The topological polar surface area (TPSA) is 17.1 Å². The Morgan fingerprint density at radius 3 is 3.23 bits per heavy atom. The van der Waals surface area contributed by atoms with Gasteiger partial charge in [-0.2, -0.15) is 0 Å². The van der Waals surface area contributed by atoms with Crippen LogP contribution in [-0.4, -0.2) is 11.5 Å². The second kappa shape index (κ2) is 3.72. The highest BCUT2D eigenvalue weighted by Crippen LogP contribution is 2.39. The number of hydrogen-bond acceptors (Lipinski definition) is 2. The molecule has 1 atom stereocenters. The van der Waals surface area contributed by atoms with Gasteiger partial charge in [-0.05, 0) is 30.2 Å². The van der Waals surface area contributed by atoms with Crippen molar-refractivity contribution in [2.24, 2.45) is 0 Å². The van der Waals surface area contributed by atoms with E-state index in [0.29, 0.717) is 11.7 Å². The number of carbonyl (C=O) groups excluding carboxylic acids is 1. The maximum Gasteiger partial charge on any atom is 0.121 e. The molecule has 68 valence electrons. The molecule has 13 heavy (non-hydrogen) atoms. The van der Waals surface area contributed by atoms with Gasteiger partial charge in [0.15, 0.2) is 0 Å². The summed E-state index contributed by atoms with van der Waals surface area (Å²) in [6, 6.07) is 5.93. The highest BCUT2D eigenvalue weighted by Gasteiger charge is 2.21. The largest absolute Gasteiger partial charge is 0.303 e. The lowest BCUT2D eigenvalue weighted by atomic mass is 10.1. The molecule has 1 nitrogen and oxygen atoms in total. The molecular weight excluding hydrogens is 204 g/mol. The molecule has 0 saturated carbocycles. The molecule has 1 unspecified atom stereocenters. The maximum absolute atomic E-state index is 10.3. The van der Waals surface area contributed by atoms with Gasteiger partial charge in [0.2, 0.25) is 0 Å². The number of hydrogen-bond donors (Lipinski definition) is 0. The number of thioether (sulfide) groups is 1. The molecule has 1 aliphatic rings. The molecule has 0 radical (unpaired) electrons. The van der Waals surface area contributed by atoms with E-state index in [1.807, 2.05) is 18.2 Å². The van der Waals surface area contributed by atoms with Crippen molar-refractivity contribution in [3.8, 4) is 0 Å². The van der Waals surface area contributed by atoms with Gasteiger partial charge in [-0.1, -0.05) is 11.6 Å². The third-order valence-electron chi connectivity index (χ3n) is 2.12. The second-order valence-electron chi connectivity index (χ2n) is 3.10. The van der Waals surface area contributed by atoms with Crippen molar-refractivity contribution in [2.75, 3.05) is 0 Å². The van der Waals surface area contributed by atoms with Gasteiger partial charge in [0.1, 0.15) is 6.29 Å². The molecule has 3 heteroatoms. The van der Waals surface area contributed by atoms with Crippen LogP contribution in [0.1, 0.15) is 12.0 Å². The predicted octanol–water partition coefficient (Wildman–Crippen LogP) is 2.95. The first-order valence-corrected chi connectivity index (χ1v) is 5.44. The SMILES string of the molecule is O=CCC1Cc2cc(Cl)ccc2S1. The van der Waals surface area contributed by atoms with Crippen molar-refractivity contribution in [3.63, 3.8) is 0 Å². The van der Waals surface area contributed by atoms with Gasteiger partial charge in [0.05, 0.1) is 0 Å². The van der Waals surface area contributed by atoms with Gasteiger partial charge >= 0.3 is 0 Å². The molecule has 0 spiro atoms. The third kappa shape index (κ3) is 1.89. The van der Waals surface area contributed by atoms with E-state index < -0.39 is 0 Å². The standard InChI is InChI=1S/C10H9ClOS/c11-8-1-2-10-7(5-8)6-9(13-10)3-4-12/h1-2,4-5,9H,3,6H2. The van der Waals surface area contributed by atoms with Crippen molar-refractivity contribution < 1.29 is 4.79 Å². The summed E-state index contributed by atoms with van der Waals surface area (Å²) in [7, 11) is 0.